The molecule has 3 atom stereocenters. The first kappa shape index (κ1) is 14.0. The summed E-state index contributed by atoms with van der Waals surface area (Å²) in [6.45, 7) is 0.351. The predicted octanol–water partition coefficient (Wildman–Crippen LogP) is 1.05. The lowest BCUT2D eigenvalue weighted by Gasteiger charge is -2.12. The molecule has 0 amide bonds. The van der Waals surface area contributed by atoms with Crippen molar-refractivity contribution in [2.45, 2.75) is 50.6 Å². The summed E-state index contributed by atoms with van der Waals surface area (Å²) in [7, 11) is 0. The fraction of sp³-hybridized carbons (Fsp3) is 0.917. The number of nitrogens with zero attached hydrogens (tertiary/aromatic N) is 1. The third kappa shape index (κ3) is 4.05. The number of fused-ring (bicyclic) bond motifs is 1. The molecule has 19 heavy (non-hydrogen) atoms. The molecule has 7 nitrogen and oxygen atoms in total. The molecule has 0 aromatic heterocycles. The van der Waals surface area contributed by atoms with Gasteiger partial charge in [-0.25, -0.2) is 0 Å². The van der Waals surface area contributed by atoms with Crippen molar-refractivity contribution in [3.05, 3.63) is 10.1 Å². The molecule has 7 heteroatoms. The molecular formula is C12H20N2O5. The van der Waals surface area contributed by atoms with Crippen LogP contribution in [0.15, 0.2) is 0 Å². The predicted molar refractivity (Wildman–Crippen MR) is 65.8 cm³/mol. The van der Waals surface area contributed by atoms with Crippen LogP contribution >= 0.6 is 0 Å². The molecule has 108 valence electrons. The molecule has 1 N–H and O–H groups in total. The second-order valence-electron chi connectivity index (χ2n) is 5.18. The molecule has 1 aliphatic heterocycles. The largest absolute Gasteiger partial charge is 0.465 e. The summed E-state index contributed by atoms with van der Waals surface area (Å²) in [5.74, 6) is 0.440. The smallest absolute Gasteiger partial charge is 0.323 e. The Morgan fingerprint density at radius 3 is 2.84 bits per heavy atom. The van der Waals surface area contributed by atoms with Crippen LogP contribution in [0.5, 0.6) is 0 Å². The fourth-order valence-electron chi connectivity index (χ4n) is 2.95. The Hall–Kier alpha value is -1.37. The minimum Gasteiger partial charge on any atom is -0.465 e. The Morgan fingerprint density at radius 1 is 1.32 bits per heavy atom. The first-order valence-corrected chi connectivity index (χ1v) is 6.87. The van der Waals surface area contributed by atoms with E-state index in [9.17, 15) is 14.9 Å². The Labute approximate surface area is 111 Å². The molecule has 1 heterocycles. The quantitative estimate of drug-likeness (QED) is 0.322. The Kier molecular flexibility index (Phi) is 4.95. The third-order valence-electron chi connectivity index (χ3n) is 3.88. The molecule has 2 aliphatic rings. The number of carbonyl (C=O) groups excluding carboxylic acids is 1. The highest BCUT2D eigenvalue weighted by molar-refractivity contribution is 5.76. The summed E-state index contributed by atoms with van der Waals surface area (Å²) in [5.41, 5.74) is 0. The highest BCUT2D eigenvalue weighted by Gasteiger charge is 2.40. The first-order chi connectivity index (χ1) is 9.16. The summed E-state index contributed by atoms with van der Waals surface area (Å²) < 4.78 is 5.17. The van der Waals surface area contributed by atoms with Gasteiger partial charge >= 0.3 is 5.97 Å². The van der Waals surface area contributed by atoms with Crippen LogP contribution in [0.25, 0.3) is 0 Å². The first-order valence-electron chi connectivity index (χ1n) is 6.87. The molecule has 2 fully saturated rings. The lowest BCUT2D eigenvalue weighted by atomic mass is 10.0. The zero-order valence-corrected chi connectivity index (χ0v) is 10.9. The third-order valence-corrected chi connectivity index (χ3v) is 3.88. The highest BCUT2D eigenvalue weighted by Crippen LogP contribution is 2.34. The maximum Gasteiger partial charge on any atom is 0.323 e. The van der Waals surface area contributed by atoms with E-state index in [0.29, 0.717) is 31.4 Å². The minimum atomic E-state index is -0.812. The van der Waals surface area contributed by atoms with Crippen LogP contribution in [0.3, 0.4) is 0 Å². The summed E-state index contributed by atoms with van der Waals surface area (Å²) >= 11 is 0. The normalized spacial score (nSPS) is 28.9. The van der Waals surface area contributed by atoms with Gasteiger partial charge in [0.1, 0.15) is 6.04 Å². The molecule has 0 aromatic rings. The lowest BCUT2D eigenvalue weighted by molar-refractivity contribution is -0.757. The van der Waals surface area contributed by atoms with Gasteiger partial charge in [-0.15, -0.1) is 10.1 Å². The maximum atomic E-state index is 11.8. The van der Waals surface area contributed by atoms with Gasteiger partial charge in [0.2, 0.25) is 0 Å². The van der Waals surface area contributed by atoms with Crippen LogP contribution in [-0.2, 0) is 14.4 Å². The molecule has 0 radical (unpaired) electrons. The van der Waals surface area contributed by atoms with Crippen molar-refractivity contribution in [2.24, 2.45) is 5.92 Å². The Balaban J connectivity index is 1.54. The summed E-state index contributed by atoms with van der Waals surface area (Å²) in [4.78, 5) is 25.9. The zero-order valence-electron chi connectivity index (χ0n) is 10.9. The lowest BCUT2D eigenvalue weighted by Crippen LogP contribution is -2.36. The van der Waals surface area contributed by atoms with E-state index >= 15 is 0 Å². The van der Waals surface area contributed by atoms with Crippen molar-refractivity contribution in [1.82, 2.24) is 5.32 Å². The number of nitrogens with one attached hydrogen (secondary N) is 1. The van der Waals surface area contributed by atoms with Crippen molar-refractivity contribution in [1.29, 1.82) is 0 Å². The van der Waals surface area contributed by atoms with Gasteiger partial charge in [-0.3, -0.25) is 4.79 Å². The number of carbonyl (C=O) groups is 1. The van der Waals surface area contributed by atoms with E-state index in [0.717, 1.165) is 12.8 Å². The van der Waals surface area contributed by atoms with Crippen molar-refractivity contribution >= 4 is 5.97 Å². The maximum absolute atomic E-state index is 11.8. The van der Waals surface area contributed by atoms with E-state index < -0.39 is 5.09 Å². The molecule has 0 bridgehead atoms. The number of ether oxygens (including phenoxy) is 1. The molecule has 1 saturated carbocycles. The average Bonchev–Trinajstić information content (AvgIpc) is 2.93. The number of esters is 1. The topological polar surface area (TPSA) is 90.7 Å². The summed E-state index contributed by atoms with van der Waals surface area (Å²) in [6, 6.07) is 0.330. The van der Waals surface area contributed by atoms with Crippen molar-refractivity contribution in [2.75, 3.05) is 13.2 Å². The van der Waals surface area contributed by atoms with Crippen molar-refractivity contribution in [3.63, 3.8) is 0 Å². The van der Waals surface area contributed by atoms with Crippen LogP contribution in [0.4, 0.5) is 0 Å². The molecular weight excluding hydrogens is 252 g/mol. The van der Waals surface area contributed by atoms with Gasteiger partial charge in [-0.2, -0.15) is 0 Å². The van der Waals surface area contributed by atoms with Gasteiger partial charge in [0.05, 0.1) is 13.2 Å². The number of hydrogen-bond acceptors (Lipinski definition) is 6. The standard InChI is InChI=1S/C12H20N2O5/c15-12(18-6-1-2-7-19-14(16)17)11-8-9-4-3-5-10(9)13-11/h9-11,13H,1-8H2/t9-,10-,11?/m0/s1. The van der Waals surface area contributed by atoms with Crippen LogP contribution < -0.4 is 5.32 Å². The second-order valence-corrected chi connectivity index (χ2v) is 5.18. The van der Waals surface area contributed by atoms with Gasteiger partial charge in [0.15, 0.2) is 0 Å². The molecule has 0 aromatic carbocycles. The van der Waals surface area contributed by atoms with Gasteiger partial charge in [0.25, 0.3) is 5.09 Å². The minimum absolute atomic E-state index is 0.0520. The number of hydrogen-bond donors (Lipinski definition) is 1. The van der Waals surface area contributed by atoms with Crippen LogP contribution in [0.1, 0.15) is 38.5 Å². The fourth-order valence-corrected chi connectivity index (χ4v) is 2.95. The van der Waals surface area contributed by atoms with E-state index in [4.69, 9.17) is 4.74 Å². The van der Waals surface area contributed by atoms with E-state index in [1.807, 2.05) is 0 Å². The second kappa shape index (κ2) is 6.70. The Morgan fingerprint density at radius 2 is 2.11 bits per heavy atom. The Bertz CT molecular complexity index is 324. The monoisotopic (exact) mass is 272 g/mol. The summed E-state index contributed by atoms with van der Waals surface area (Å²) in [5, 5.41) is 12.4. The summed E-state index contributed by atoms with van der Waals surface area (Å²) in [6.07, 6.45) is 5.59. The number of unbranched alkanes of at least 4 members (excludes halogenated alkanes) is 1. The SMILES string of the molecule is O=C(OCCCCO[N+](=O)[O-])C1C[C@@H]2CCC[C@@H]2N1. The van der Waals surface area contributed by atoms with Crippen LogP contribution in [0.2, 0.25) is 0 Å². The van der Waals surface area contributed by atoms with Crippen molar-refractivity contribution < 1.29 is 19.5 Å². The van der Waals surface area contributed by atoms with E-state index in [2.05, 4.69) is 10.2 Å². The van der Waals surface area contributed by atoms with E-state index in [1.165, 1.54) is 12.8 Å². The van der Waals surface area contributed by atoms with Gasteiger partial charge in [0, 0.05) is 6.04 Å². The average molecular weight is 272 g/mol. The van der Waals surface area contributed by atoms with E-state index in [-0.39, 0.29) is 18.6 Å². The van der Waals surface area contributed by atoms with E-state index in [1.54, 1.807) is 0 Å². The zero-order chi connectivity index (χ0) is 13.7. The molecule has 1 unspecified atom stereocenters. The van der Waals surface area contributed by atoms with Crippen LogP contribution in [0, 0.1) is 16.0 Å². The van der Waals surface area contributed by atoms with Gasteiger partial charge in [-0.05, 0) is 38.0 Å². The van der Waals surface area contributed by atoms with Gasteiger partial charge < -0.3 is 14.9 Å². The van der Waals surface area contributed by atoms with Gasteiger partial charge in [-0.1, -0.05) is 6.42 Å². The van der Waals surface area contributed by atoms with Crippen molar-refractivity contribution in [3.8, 4) is 0 Å². The molecule has 1 aliphatic carbocycles. The molecule has 1 saturated heterocycles. The van der Waals surface area contributed by atoms with Crippen LogP contribution in [-0.4, -0.2) is 36.4 Å². The molecule has 0 spiro atoms. The highest BCUT2D eigenvalue weighted by atomic mass is 16.9. The molecule has 2 rings (SSSR count). The number of rotatable bonds is 7.